The molecular weight excluding hydrogens is 288 g/mol. The zero-order valence-electron chi connectivity index (χ0n) is 11.3. The van der Waals surface area contributed by atoms with Crippen LogP contribution in [0, 0.1) is 5.92 Å². The Morgan fingerprint density at radius 1 is 1.44 bits per heavy atom. The van der Waals surface area contributed by atoms with E-state index in [-0.39, 0.29) is 0 Å². The Bertz CT molecular complexity index is 375. The molecule has 1 aliphatic heterocycles. The van der Waals surface area contributed by atoms with Gasteiger partial charge in [0.15, 0.2) is 0 Å². The van der Waals surface area contributed by atoms with Gasteiger partial charge in [-0.1, -0.05) is 34.1 Å². The fraction of sp³-hybridized carbons (Fsp3) is 0.600. The molecule has 1 fully saturated rings. The number of hydrogen-bond donors (Lipinski definition) is 1. The summed E-state index contributed by atoms with van der Waals surface area (Å²) in [6.07, 6.45) is 2.68. The molecule has 0 spiro atoms. The van der Waals surface area contributed by atoms with E-state index in [0.29, 0.717) is 6.04 Å². The zero-order chi connectivity index (χ0) is 13.0. The third kappa shape index (κ3) is 3.56. The number of halogens is 1. The summed E-state index contributed by atoms with van der Waals surface area (Å²) in [6, 6.07) is 8.99. The number of benzene rings is 1. The van der Waals surface area contributed by atoms with E-state index in [0.717, 1.165) is 5.92 Å². The summed E-state index contributed by atoms with van der Waals surface area (Å²) in [5.74, 6) is 0.800. The van der Waals surface area contributed by atoms with E-state index in [1.165, 1.54) is 42.5 Å². The summed E-state index contributed by atoms with van der Waals surface area (Å²) in [6.45, 7) is 5.83. The second-order valence-electron chi connectivity index (χ2n) is 5.35. The molecule has 100 valence electrons. The molecule has 1 aromatic carbocycles. The molecule has 2 nitrogen and oxygen atoms in total. The average molecular weight is 311 g/mol. The van der Waals surface area contributed by atoms with Crippen molar-refractivity contribution in [1.29, 1.82) is 0 Å². The van der Waals surface area contributed by atoms with E-state index in [9.17, 15) is 0 Å². The van der Waals surface area contributed by atoms with Crippen molar-refractivity contribution in [2.75, 3.05) is 26.7 Å². The first-order chi connectivity index (χ1) is 8.68. The van der Waals surface area contributed by atoms with Crippen LogP contribution in [-0.4, -0.2) is 31.6 Å². The van der Waals surface area contributed by atoms with Gasteiger partial charge in [0, 0.05) is 17.1 Å². The van der Waals surface area contributed by atoms with Crippen LogP contribution < -0.4 is 5.32 Å². The Morgan fingerprint density at radius 3 is 2.89 bits per heavy atom. The van der Waals surface area contributed by atoms with Crippen LogP contribution in [0.2, 0.25) is 0 Å². The van der Waals surface area contributed by atoms with Gasteiger partial charge in [0.25, 0.3) is 0 Å². The Hall–Kier alpha value is -0.380. The van der Waals surface area contributed by atoms with E-state index in [4.69, 9.17) is 0 Å². The SMILES string of the molecule is CC(c1ccccc1Br)N(C)CC1CCCNC1. The number of rotatable bonds is 4. The summed E-state index contributed by atoms with van der Waals surface area (Å²) in [5, 5.41) is 3.49. The van der Waals surface area contributed by atoms with Crippen LogP contribution in [0.3, 0.4) is 0 Å². The standard InChI is InChI=1S/C15H23BrN2/c1-12(14-7-3-4-8-15(14)16)18(2)11-13-6-5-9-17-10-13/h3-4,7-8,12-13,17H,5-6,9-11H2,1-2H3. The Morgan fingerprint density at radius 2 is 2.22 bits per heavy atom. The monoisotopic (exact) mass is 310 g/mol. The van der Waals surface area contributed by atoms with E-state index in [1.54, 1.807) is 0 Å². The lowest BCUT2D eigenvalue weighted by Gasteiger charge is -2.32. The lowest BCUT2D eigenvalue weighted by atomic mass is 9.98. The number of piperidine rings is 1. The van der Waals surface area contributed by atoms with Crippen molar-refractivity contribution in [3.63, 3.8) is 0 Å². The Balaban J connectivity index is 1.95. The highest BCUT2D eigenvalue weighted by molar-refractivity contribution is 9.10. The summed E-state index contributed by atoms with van der Waals surface area (Å²) < 4.78 is 1.21. The summed E-state index contributed by atoms with van der Waals surface area (Å²) in [7, 11) is 2.23. The molecule has 1 heterocycles. The van der Waals surface area contributed by atoms with Gasteiger partial charge in [-0.15, -0.1) is 0 Å². The van der Waals surface area contributed by atoms with E-state index >= 15 is 0 Å². The minimum atomic E-state index is 0.461. The van der Waals surface area contributed by atoms with E-state index < -0.39 is 0 Å². The molecule has 3 heteroatoms. The van der Waals surface area contributed by atoms with Crippen molar-refractivity contribution in [3.8, 4) is 0 Å². The smallest absolute Gasteiger partial charge is 0.0328 e. The van der Waals surface area contributed by atoms with Gasteiger partial charge < -0.3 is 5.32 Å². The molecule has 0 radical (unpaired) electrons. The number of nitrogens with zero attached hydrogens (tertiary/aromatic N) is 1. The molecule has 0 aliphatic carbocycles. The fourth-order valence-electron chi connectivity index (χ4n) is 2.70. The quantitative estimate of drug-likeness (QED) is 0.916. The summed E-state index contributed by atoms with van der Waals surface area (Å²) in [4.78, 5) is 2.47. The molecule has 1 aliphatic rings. The first kappa shape index (κ1) is 14.0. The molecule has 2 atom stereocenters. The van der Waals surface area contributed by atoms with Gasteiger partial charge in [0.05, 0.1) is 0 Å². The first-order valence-corrected chi connectivity index (χ1v) is 7.63. The molecule has 0 aromatic heterocycles. The molecule has 18 heavy (non-hydrogen) atoms. The normalized spacial score (nSPS) is 22.1. The van der Waals surface area contributed by atoms with Crippen LogP contribution in [0.25, 0.3) is 0 Å². The largest absolute Gasteiger partial charge is 0.316 e. The molecule has 0 bridgehead atoms. The van der Waals surface area contributed by atoms with Crippen LogP contribution in [0.1, 0.15) is 31.4 Å². The molecule has 1 aromatic rings. The Labute approximate surface area is 119 Å². The fourth-order valence-corrected chi connectivity index (χ4v) is 3.31. The predicted octanol–water partition coefficient (Wildman–Crippen LogP) is 3.44. The second-order valence-corrected chi connectivity index (χ2v) is 6.20. The van der Waals surface area contributed by atoms with Gasteiger partial charge in [-0.05, 0) is 57.5 Å². The van der Waals surface area contributed by atoms with E-state index in [1.807, 2.05) is 0 Å². The van der Waals surface area contributed by atoms with Crippen LogP contribution in [0.15, 0.2) is 28.7 Å². The van der Waals surface area contributed by atoms with Gasteiger partial charge in [0.2, 0.25) is 0 Å². The molecule has 2 rings (SSSR count). The molecule has 2 unspecified atom stereocenters. The van der Waals surface area contributed by atoms with Crippen molar-refractivity contribution in [2.24, 2.45) is 5.92 Å². The van der Waals surface area contributed by atoms with Crippen molar-refractivity contribution >= 4 is 15.9 Å². The van der Waals surface area contributed by atoms with Crippen LogP contribution in [0.5, 0.6) is 0 Å². The third-order valence-electron chi connectivity index (χ3n) is 3.96. The zero-order valence-corrected chi connectivity index (χ0v) is 12.9. The van der Waals surface area contributed by atoms with E-state index in [2.05, 4.69) is 64.4 Å². The van der Waals surface area contributed by atoms with Gasteiger partial charge in [0.1, 0.15) is 0 Å². The minimum Gasteiger partial charge on any atom is -0.316 e. The first-order valence-electron chi connectivity index (χ1n) is 6.84. The van der Waals surface area contributed by atoms with Crippen molar-refractivity contribution < 1.29 is 0 Å². The van der Waals surface area contributed by atoms with Gasteiger partial charge in [-0.2, -0.15) is 0 Å². The predicted molar refractivity (Wildman–Crippen MR) is 80.8 cm³/mol. The lowest BCUT2D eigenvalue weighted by molar-refractivity contribution is 0.199. The van der Waals surface area contributed by atoms with Crippen molar-refractivity contribution in [3.05, 3.63) is 34.3 Å². The minimum absolute atomic E-state index is 0.461. The molecule has 1 N–H and O–H groups in total. The van der Waals surface area contributed by atoms with Crippen LogP contribution in [0.4, 0.5) is 0 Å². The number of hydrogen-bond acceptors (Lipinski definition) is 2. The molecule has 0 amide bonds. The molecular formula is C15H23BrN2. The maximum Gasteiger partial charge on any atom is 0.0328 e. The molecule has 1 saturated heterocycles. The maximum absolute atomic E-state index is 3.65. The summed E-state index contributed by atoms with van der Waals surface area (Å²) in [5.41, 5.74) is 1.38. The van der Waals surface area contributed by atoms with Gasteiger partial charge in [-0.25, -0.2) is 0 Å². The maximum atomic E-state index is 3.65. The average Bonchev–Trinajstić information content (AvgIpc) is 2.39. The second kappa shape index (κ2) is 6.69. The molecule has 0 saturated carbocycles. The highest BCUT2D eigenvalue weighted by atomic mass is 79.9. The van der Waals surface area contributed by atoms with Crippen molar-refractivity contribution in [2.45, 2.75) is 25.8 Å². The highest BCUT2D eigenvalue weighted by Crippen LogP contribution is 2.27. The topological polar surface area (TPSA) is 15.3 Å². The summed E-state index contributed by atoms with van der Waals surface area (Å²) >= 11 is 3.65. The van der Waals surface area contributed by atoms with Crippen molar-refractivity contribution in [1.82, 2.24) is 10.2 Å². The van der Waals surface area contributed by atoms with Gasteiger partial charge in [-0.3, -0.25) is 4.90 Å². The highest BCUT2D eigenvalue weighted by Gasteiger charge is 2.19. The Kier molecular flexibility index (Phi) is 5.22. The van der Waals surface area contributed by atoms with Gasteiger partial charge >= 0.3 is 0 Å². The van der Waals surface area contributed by atoms with Crippen LogP contribution in [-0.2, 0) is 0 Å². The number of nitrogens with one attached hydrogen (secondary N) is 1. The lowest BCUT2D eigenvalue weighted by Crippen LogP contribution is -2.37. The third-order valence-corrected chi connectivity index (χ3v) is 4.68. The van der Waals surface area contributed by atoms with Crippen LogP contribution >= 0.6 is 15.9 Å².